The molecule has 1 aliphatic rings. The Kier molecular flexibility index (Phi) is 7.19. The number of carbonyl (C=O) groups excluding carboxylic acids is 1. The highest BCUT2D eigenvalue weighted by Crippen LogP contribution is 2.43. The van der Waals surface area contributed by atoms with Crippen LogP contribution >= 0.6 is 0 Å². The van der Waals surface area contributed by atoms with Crippen molar-refractivity contribution in [2.45, 2.75) is 83.1 Å². The van der Waals surface area contributed by atoms with Gasteiger partial charge in [-0.1, -0.05) is 51.2 Å². The van der Waals surface area contributed by atoms with Crippen LogP contribution in [0.25, 0.3) is 0 Å². The molecule has 0 radical (unpaired) electrons. The van der Waals surface area contributed by atoms with E-state index >= 15 is 0 Å². The van der Waals surface area contributed by atoms with Gasteiger partial charge in [0.15, 0.2) is 0 Å². The van der Waals surface area contributed by atoms with Gasteiger partial charge in [0.1, 0.15) is 6.04 Å². The van der Waals surface area contributed by atoms with Crippen LogP contribution < -0.4 is 0 Å². The Hall–Kier alpha value is -1.90. The molecular weight excluding hydrogens is 326 g/mol. The Morgan fingerprint density at radius 3 is 2.69 bits per heavy atom. The summed E-state index contributed by atoms with van der Waals surface area (Å²) < 4.78 is 1.70. The van der Waals surface area contributed by atoms with E-state index in [1.165, 1.54) is 19.3 Å². The van der Waals surface area contributed by atoms with E-state index in [2.05, 4.69) is 30.2 Å². The topological polar surface area (TPSA) is 74.8 Å². The molecule has 1 fully saturated rings. The highest BCUT2D eigenvalue weighted by atomic mass is 16.2. The zero-order chi connectivity index (χ0) is 19.2. The zero-order valence-corrected chi connectivity index (χ0v) is 16.7. The van der Waals surface area contributed by atoms with Crippen LogP contribution in [0.5, 0.6) is 0 Å². The van der Waals surface area contributed by atoms with Crippen LogP contribution in [0.4, 0.5) is 0 Å². The van der Waals surface area contributed by atoms with Gasteiger partial charge in [-0.3, -0.25) is 4.79 Å². The summed E-state index contributed by atoms with van der Waals surface area (Å²) in [4.78, 5) is 14.2. The van der Waals surface area contributed by atoms with Crippen LogP contribution in [0.2, 0.25) is 0 Å². The third-order valence-corrected chi connectivity index (χ3v) is 5.92. The summed E-state index contributed by atoms with van der Waals surface area (Å²) >= 11 is 0. The summed E-state index contributed by atoms with van der Waals surface area (Å²) in [5.74, 6) is 0.553. The highest BCUT2D eigenvalue weighted by Gasteiger charge is 2.41. The Labute approximate surface area is 157 Å². The third-order valence-electron chi connectivity index (χ3n) is 5.92. The summed E-state index contributed by atoms with van der Waals surface area (Å²) in [6.45, 7) is 4.28. The molecule has 1 aromatic heterocycles. The van der Waals surface area contributed by atoms with Gasteiger partial charge in [0.2, 0.25) is 5.91 Å². The molecule has 0 bridgehead atoms. The van der Waals surface area contributed by atoms with Gasteiger partial charge in [-0.15, -0.1) is 5.10 Å². The summed E-state index contributed by atoms with van der Waals surface area (Å²) in [5, 5.41) is 18.2. The van der Waals surface area contributed by atoms with E-state index < -0.39 is 0 Å². The minimum absolute atomic E-state index is 0.121. The molecule has 0 saturated heterocycles. The first kappa shape index (κ1) is 20.4. The quantitative estimate of drug-likeness (QED) is 0.706. The molecule has 1 saturated carbocycles. The van der Waals surface area contributed by atoms with Crippen molar-refractivity contribution in [1.82, 2.24) is 19.9 Å². The molecule has 0 unspecified atom stereocenters. The predicted molar refractivity (Wildman–Crippen MR) is 101 cm³/mol. The van der Waals surface area contributed by atoms with Crippen LogP contribution in [0.1, 0.15) is 83.4 Å². The number of hydrogen-bond donors (Lipinski definition) is 0. The SMILES string of the molecule is CCCC[C@@H](C#N)n1cc([C@@](C)(CC(=O)N(C)C)C2CCCCC2)nn1. The van der Waals surface area contributed by atoms with Gasteiger partial charge >= 0.3 is 0 Å². The van der Waals surface area contributed by atoms with Gasteiger partial charge in [-0.25, -0.2) is 4.68 Å². The number of amides is 1. The monoisotopic (exact) mass is 359 g/mol. The van der Waals surface area contributed by atoms with E-state index in [0.717, 1.165) is 37.8 Å². The predicted octanol–water partition coefficient (Wildman–Crippen LogP) is 3.85. The molecule has 1 aromatic rings. The molecule has 26 heavy (non-hydrogen) atoms. The lowest BCUT2D eigenvalue weighted by molar-refractivity contribution is -0.130. The maximum absolute atomic E-state index is 12.5. The molecule has 6 heteroatoms. The van der Waals surface area contributed by atoms with Gasteiger partial charge in [0.05, 0.1) is 18.0 Å². The molecule has 0 N–H and O–H groups in total. The second kappa shape index (κ2) is 9.16. The molecule has 0 aromatic carbocycles. The van der Waals surface area contributed by atoms with Crippen LogP contribution in [-0.2, 0) is 10.2 Å². The molecule has 1 amide bonds. The van der Waals surface area contributed by atoms with Gasteiger partial charge in [-0.05, 0) is 25.2 Å². The lowest BCUT2D eigenvalue weighted by atomic mass is 9.66. The zero-order valence-electron chi connectivity index (χ0n) is 16.7. The van der Waals surface area contributed by atoms with E-state index in [0.29, 0.717) is 12.3 Å². The molecule has 144 valence electrons. The van der Waals surface area contributed by atoms with Crippen LogP contribution in [-0.4, -0.2) is 39.9 Å². The van der Waals surface area contributed by atoms with Crippen molar-refractivity contribution in [3.63, 3.8) is 0 Å². The fourth-order valence-electron chi connectivity index (χ4n) is 4.00. The molecule has 2 rings (SSSR count). The Morgan fingerprint density at radius 2 is 2.12 bits per heavy atom. The number of rotatable bonds is 8. The first-order valence-corrected chi connectivity index (χ1v) is 9.94. The largest absolute Gasteiger partial charge is 0.349 e. The van der Waals surface area contributed by atoms with Gasteiger partial charge in [0, 0.05) is 25.9 Å². The fraction of sp³-hybridized carbons (Fsp3) is 0.800. The maximum atomic E-state index is 12.5. The summed E-state index contributed by atoms with van der Waals surface area (Å²) in [5.41, 5.74) is 0.529. The minimum Gasteiger partial charge on any atom is -0.349 e. The number of hydrogen-bond acceptors (Lipinski definition) is 4. The average Bonchev–Trinajstić information content (AvgIpc) is 3.13. The Bertz CT molecular complexity index is 626. The van der Waals surface area contributed by atoms with Crippen LogP contribution in [0, 0.1) is 17.2 Å². The van der Waals surface area contributed by atoms with Gasteiger partial charge < -0.3 is 4.90 Å². The van der Waals surface area contributed by atoms with Gasteiger partial charge in [-0.2, -0.15) is 5.26 Å². The smallest absolute Gasteiger partial charge is 0.223 e. The Morgan fingerprint density at radius 1 is 1.42 bits per heavy atom. The number of nitriles is 1. The van der Waals surface area contributed by atoms with E-state index in [-0.39, 0.29) is 17.4 Å². The van der Waals surface area contributed by atoms with Gasteiger partial charge in [0.25, 0.3) is 0 Å². The fourth-order valence-corrected chi connectivity index (χ4v) is 4.00. The first-order valence-electron chi connectivity index (χ1n) is 9.94. The van der Waals surface area contributed by atoms with Crippen molar-refractivity contribution in [3.8, 4) is 6.07 Å². The van der Waals surface area contributed by atoms with Crippen LogP contribution in [0.15, 0.2) is 6.20 Å². The van der Waals surface area contributed by atoms with Crippen molar-refractivity contribution >= 4 is 5.91 Å². The number of nitrogens with zero attached hydrogens (tertiary/aromatic N) is 5. The highest BCUT2D eigenvalue weighted by molar-refractivity contribution is 5.77. The summed E-state index contributed by atoms with van der Waals surface area (Å²) in [7, 11) is 3.61. The molecule has 0 aliphatic heterocycles. The van der Waals surface area contributed by atoms with Crippen molar-refractivity contribution in [3.05, 3.63) is 11.9 Å². The molecule has 1 aliphatic carbocycles. The molecule has 0 spiro atoms. The number of carbonyl (C=O) groups is 1. The van der Waals surface area contributed by atoms with Crippen molar-refractivity contribution in [2.75, 3.05) is 14.1 Å². The normalized spacial score (nSPS) is 18.7. The van der Waals surface area contributed by atoms with Crippen molar-refractivity contribution in [2.24, 2.45) is 5.92 Å². The lowest BCUT2D eigenvalue weighted by Gasteiger charge is -2.38. The Balaban J connectivity index is 2.30. The second-order valence-electron chi connectivity index (χ2n) is 8.09. The van der Waals surface area contributed by atoms with E-state index in [9.17, 15) is 10.1 Å². The summed E-state index contributed by atoms with van der Waals surface area (Å²) in [6, 6.07) is 2.06. The summed E-state index contributed by atoms with van der Waals surface area (Å²) in [6.07, 6.45) is 11.1. The number of aromatic nitrogens is 3. The molecule has 1 heterocycles. The first-order chi connectivity index (χ1) is 12.4. The van der Waals surface area contributed by atoms with Crippen molar-refractivity contribution < 1.29 is 4.79 Å². The average molecular weight is 360 g/mol. The van der Waals surface area contributed by atoms with Crippen LogP contribution in [0.3, 0.4) is 0 Å². The van der Waals surface area contributed by atoms with E-state index in [1.807, 2.05) is 6.20 Å². The van der Waals surface area contributed by atoms with E-state index in [4.69, 9.17) is 0 Å². The molecule has 2 atom stereocenters. The van der Waals surface area contributed by atoms with Crippen molar-refractivity contribution in [1.29, 1.82) is 5.26 Å². The number of unbranched alkanes of at least 4 members (excludes halogenated alkanes) is 1. The lowest BCUT2D eigenvalue weighted by Crippen LogP contribution is -2.39. The molecular formula is C20H33N5O. The van der Waals surface area contributed by atoms with E-state index in [1.54, 1.807) is 23.7 Å². The second-order valence-corrected chi connectivity index (χ2v) is 8.09. The standard InChI is InChI=1S/C20H33N5O/c1-5-6-12-17(14-21)25-15-18(22-23-25)20(2,13-19(26)24(3)4)16-10-8-7-9-11-16/h15-17H,5-13H2,1-4H3/t17-,20-/m0/s1. The third kappa shape index (κ3) is 4.63. The maximum Gasteiger partial charge on any atom is 0.223 e. The minimum atomic E-state index is -0.329. The molecule has 6 nitrogen and oxygen atoms in total.